The van der Waals surface area contributed by atoms with Crippen LogP contribution in [0.5, 0.6) is 5.75 Å². The van der Waals surface area contributed by atoms with Crippen molar-refractivity contribution in [2.24, 2.45) is 0 Å². The largest absolute Gasteiger partial charge is 0.482 e. The van der Waals surface area contributed by atoms with Gasteiger partial charge in [-0.3, -0.25) is 4.79 Å². The molecule has 0 fully saturated rings. The number of amides is 1. The summed E-state index contributed by atoms with van der Waals surface area (Å²) in [5.74, 6) is 0.725. The van der Waals surface area contributed by atoms with Crippen molar-refractivity contribution in [3.8, 4) is 17.8 Å². The van der Waals surface area contributed by atoms with Crippen molar-refractivity contribution in [3.05, 3.63) is 58.0 Å². The molecule has 0 aliphatic heterocycles. The van der Waals surface area contributed by atoms with Crippen LogP contribution in [0.4, 0.5) is 5.82 Å². The van der Waals surface area contributed by atoms with E-state index < -0.39 is 5.91 Å². The van der Waals surface area contributed by atoms with Crippen LogP contribution in [0, 0.1) is 32.1 Å². The van der Waals surface area contributed by atoms with Gasteiger partial charge in [-0.15, -0.1) is 0 Å². The van der Waals surface area contributed by atoms with Gasteiger partial charge in [0.05, 0.1) is 22.3 Å². The fourth-order valence-corrected chi connectivity index (χ4v) is 2.79. The third-order valence-corrected chi connectivity index (χ3v) is 3.97. The highest BCUT2D eigenvalue weighted by atomic mass is 35.5. The zero-order chi connectivity index (χ0) is 20.3. The van der Waals surface area contributed by atoms with Gasteiger partial charge < -0.3 is 10.1 Å². The topological polar surface area (TPSA) is 106 Å². The van der Waals surface area contributed by atoms with E-state index in [0.29, 0.717) is 28.8 Å². The molecule has 0 aliphatic carbocycles. The highest BCUT2D eigenvalue weighted by Gasteiger charge is 2.14. The fraction of sp³-hybridized carbons (Fsp3) is 0.211. The quantitative estimate of drug-likeness (QED) is 0.710. The summed E-state index contributed by atoms with van der Waals surface area (Å²) >= 11 is 6.05. The summed E-state index contributed by atoms with van der Waals surface area (Å²) in [4.78, 5) is 21.1. The highest BCUT2D eigenvalue weighted by Crippen LogP contribution is 2.25. The lowest BCUT2D eigenvalue weighted by Gasteiger charge is -2.10. The number of hydrogen-bond donors (Lipinski definition) is 1. The second kappa shape index (κ2) is 8.06. The molecule has 0 unspecified atom stereocenters. The van der Waals surface area contributed by atoms with E-state index in [2.05, 4.69) is 20.4 Å². The summed E-state index contributed by atoms with van der Waals surface area (Å²) in [7, 11) is 0. The Morgan fingerprint density at radius 2 is 1.89 bits per heavy atom. The minimum absolute atomic E-state index is 0.260. The Labute approximate surface area is 166 Å². The molecule has 1 aromatic carbocycles. The molecule has 2 aromatic heterocycles. The number of carbonyl (C=O) groups is 1. The van der Waals surface area contributed by atoms with Crippen molar-refractivity contribution in [1.29, 1.82) is 5.26 Å². The molecule has 2 heterocycles. The molecule has 0 radical (unpaired) electrons. The van der Waals surface area contributed by atoms with Crippen LogP contribution in [-0.2, 0) is 4.79 Å². The zero-order valence-corrected chi connectivity index (χ0v) is 16.3. The number of rotatable bonds is 5. The molecular weight excluding hydrogens is 380 g/mol. The molecule has 28 heavy (non-hydrogen) atoms. The minimum Gasteiger partial charge on any atom is -0.482 e. The number of benzene rings is 1. The van der Waals surface area contributed by atoms with Gasteiger partial charge >= 0.3 is 0 Å². The molecular formula is C19H17ClN6O2. The molecule has 3 aromatic rings. The van der Waals surface area contributed by atoms with Crippen molar-refractivity contribution in [3.63, 3.8) is 0 Å². The molecule has 0 saturated heterocycles. The number of aryl methyl sites for hydroxylation is 3. The van der Waals surface area contributed by atoms with Crippen molar-refractivity contribution in [2.75, 3.05) is 11.9 Å². The Hall–Kier alpha value is -3.44. The lowest BCUT2D eigenvalue weighted by molar-refractivity contribution is -0.118. The molecule has 3 rings (SSSR count). The third-order valence-electron chi connectivity index (χ3n) is 3.68. The highest BCUT2D eigenvalue weighted by molar-refractivity contribution is 6.32. The van der Waals surface area contributed by atoms with E-state index in [9.17, 15) is 4.79 Å². The Balaban J connectivity index is 1.74. The first-order valence-electron chi connectivity index (χ1n) is 8.37. The second-order valence-corrected chi connectivity index (χ2v) is 6.53. The van der Waals surface area contributed by atoms with Crippen LogP contribution in [0.3, 0.4) is 0 Å². The normalized spacial score (nSPS) is 10.4. The summed E-state index contributed by atoms with van der Waals surface area (Å²) in [6.45, 7) is 5.27. The van der Waals surface area contributed by atoms with E-state index in [1.54, 1.807) is 18.2 Å². The number of ether oxygens (including phenoxy) is 1. The summed E-state index contributed by atoms with van der Waals surface area (Å²) in [6.07, 6.45) is 0. The van der Waals surface area contributed by atoms with Gasteiger partial charge in [0.2, 0.25) is 0 Å². The molecule has 142 valence electrons. The van der Waals surface area contributed by atoms with E-state index in [-0.39, 0.29) is 11.6 Å². The minimum atomic E-state index is -0.397. The van der Waals surface area contributed by atoms with Crippen LogP contribution in [0.15, 0.2) is 30.3 Å². The van der Waals surface area contributed by atoms with Crippen molar-refractivity contribution in [1.82, 2.24) is 19.7 Å². The third kappa shape index (κ3) is 4.45. The average Bonchev–Trinajstić information content (AvgIpc) is 3.00. The maximum Gasteiger partial charge on any atom is 0.263 e. The Morgan fingerprint density at radius 3 is 2.54 bits per heavy atom. The summed E-state index contributed by atoms with van der Waals surface area (Å²) in [5.41, 5.74) is 2.71. The molecule has 1 amide bonds. The Bertz CT molecular complexity index is 1070. The summed E-state index contributed by atoms with van der Waals surface area (Å²) in [5, 5.41) is 16.2. The standard InChI is InChI=1S/C19H17ClN6O2/c1-11-6-12(2)23-19(22-11)26-17(7-13(3)25-26)24-18(27)10-28-16-5-4-14(9-21)8-15(16)20/h4-8H,10H2,1-3H3,(H,24,27). The van der Waals surface area contributed by atoms with E-state index in [0.717, 1.165) is 11.4 Å². The number of nitriles is 1. The maximum absolute atomic E-state index is 12.3. The van der Waals surface area contributed by atoms with E-state index in [1.807, 2.05) is 32.9 Å². The van der Waals surface area contributed by atoms with Gasteiger partial charge in [-0.2, -0.15) is 15.0 Å². The number of halogens is 1. The number of carbonyl (C=O) groups excluding carboxylic acids is 1. The average molecular weight is 397 g/mol. The second-order valence-electron chi connectivity index (χ2n) is 6.13. The van der Waals surface area contributed by atoms with Crippen LogP contribution < -0.4 is 10.1 Å². The monoisotopic (exact) mass is 396 g/mol. The molecule has 8 nitrogen and oxygen atoms in total. The van der Waals surface area contributed by atoms with Gasteiger partial charge in [-0.1, -0.05) is 11.6 Å². The molecule has 0 bridgehead atoms. The maximum atomic E-state index is 12.3. The fourth-order valence-electron chi connectivity index (χ4n) is 2.55. The molecule has 0 spiro atoms. The smallest absolute Gasteiger partial charge is 0.263 e. The van der Waals surface area contributed by atoms with Gasteiger partial charge in [-0.25, -0.2) is 9.97 Å². The number of nitrogens with one attached hydrogen (secondary N) is 1. The van der Waals surface area contributed by atoms with Gasteiger partial charge in [0.25, 0.3) is 11.9 Å². The molecule has 0 saturated carbocycles. The van der Waals surface area contributed by atoms with Crippen molar-refractivity contribution in [2.45, 2.75) is 20.8 Å². The van der Waals surface area contributed by atoms with E-state index in [1.165, 1.54) is 10.7 Å². The lowest BCUT2D eigenvalue weighted by atomic mass is 10.2. The van der Waals surface area contributed by atoms with Gasteiger partial charge in [-0.05, 0) is 45.0 Å². The van der Waals surface area contributed by atoms with Gasteiger partial charge in [0, 0.05) is 17.5 Å². The van der Waals surface area contributed by atoms with E-state index >= 15 is 0 Å². The first-order chi connectivity index (χ1) is 13.4. The van der Waals surface area contributed by atoms with Crippen LogP contribution in [0.2, 0.25) is 5.02 Å². The summed E-state index contributed by atoms with van der Waals surface area (Å²) < 4.78 is 6.92. The first-order valence-corrected chi connectivity index (χ1v) is 8.75. The number of hydrogen-bond acceptors (Lipinski definition) is 6. The Kier molecular flexibility index (Phi) is 5.57. The van der Waals surface area contributed by atoms with Crippen LogP contribution in [0.1, 0.15) is 22.6 Å². The van der Waals surface area contributed by atoms with Gasteiger partial charge in [0.1, 0.15) is 11.6 Å². The molecule has 1 N–H and O–H groups in total. The van der Waals surface area contributed by atoms with Crippen molar-refractivity contribution >= 4 is 23.3 Å². The number of nitrogens with zero attached hydrogens (tertiary/aromatic N) is 5. The molecule has 0 aliphatic rings. The Morgan fingerprint density at radius 1 is 1.18 bits per heavy atom. The lowest BCUT2D eigenvalue weighted by Crippen LogP contribution is -2.22. The van der Waals surface area contributed by atoms with Gasteiger partial charge in [0.15, 0.2) is 6.61 Å². The number of anilines is 1. The predicted octanol–water partition coefficient (Wildman–Crippen LogP) is 3.13. The number of aromatic nitrogens is 4. The zero-order valence-electron chi connectivity index (χ0n) is 15.5. The molecule has 0 atom stereocenters. The molecule has 9 heteroatoms. The SMILES string of the molecule is Cc1cc(C)nc(-n2nc(C)cc2NC(=O)COc2ccc(C#N)cc2Cl)n1. The summed E-state index contributed by atoms with van der Waals surface area (Å²) in [6, 6.07) is 10.1. The van der Waals surface area contributed by atoms with Crippen LogP contribution >= 0.6 is 11.6 Å². The predicted molar refractivity (Wildman–Crippen MR) is 104 cm³/mol. The van der Waals surface area contributed by atoms with Crippen LogP contribution in [-0.4, -0.2) is 32.3 Å². The van der Waals surface area contributed by atoms with E-state index in [4.69, 9.17) is 21.6 Å². The first kappa shape index (κ1) is 19.3. The van der Waals surface area contributed by atoms with Crippen LogP contribution in [0.25, 0.3) is 5.95 Å². The van der Waals surface area contributed by atoms with Crippen molar-refractivity contribution < 1.29 is 9.53 Å².